The Labute approximate surface area is 154 Å². The summed E-state index contributed by atoms with van der Waals surface area (Å²) in [6.45, 7) is 3.98. The molecule has 0 radical (unpaired) electrons. The third-order valence-corrected chi connectivity index (χ3v) is 4.52. The summed E-state index contributed by atoms with van der Waals surface area (Å²) in [6, 6.07) is 12.8. The number of benzene rings is 2. The Kier molecular flexibility index (Phi) is 4.04. The standard InChI is InChI=1S/C20H17N5O2/c1-12-7-8-14(9-13(12)2)19(26)24-16-5-3-4-6-17(16)25-18-15(10-23-25)20(27)22-11-21-18/h3-11H,1-2H3,(H,24,26)(H,21,22,27). The predicted molar refractivity (Wildman–Crippen MR) is 103 cm³/mol. The van der Waals surface area contributed by atoms with Crippen LogP contribution in [0.1, 0.15) is 21.5 Å². The molecule has 0 bridgehead atoms. The largest absolute Gasteiger partial charge is 0.320 e. The van der Waals surface area contributed by atoms with E-state index < -0.39 is 0 Å². The number of nitrogens with zero attached hydrogens (tertiary/aromatic N) is 3. The van der Waals surface area contributed by atoms with Crippen molar-refractivity contribution in [1.82, 2.24) is 19.7 Å². The van der Waals surface area contributed by atoms with E-state index in [0.29, 0.717) is 28.0 Å². The molecule has 0 saturated heterocycles. The van der Waals surface area contributed by atoms with Crippen molar-refractivity contribution in [3.8, 4) is 5.69 Å². The van der Waals surface area contributed by atoms with E-state index in [2.05, 4.69) is 20.4 Å². The van der Waals surface area contributed by atoms with Crippen LogP contribution in [0.5, 0.6) is 0 Å². The number of aryl methyl sites for hydroxylation is 2. The minimum atomic E-state index is -0.261. The first-order chi connectivity index (χ1) is 13.0. The average Bonchev–Trinajstić information content (AvgIpc) is 3.10. The molecule has 0 aliphatic carbocycles. The van der Waals surface area contributed by atoms with Crippen molar-refractivity contribution >= 4 is 22.6 Å². The van der Waals surface area contributed by atoms with Crippen molar-refractivity contribution in [2.24, 2.45) is 0 Å². The third kappa shape index (κ3) is 2.99. The summed E-state index contributed by atoms with van der Waals surface area (Å²) in [6.07, 6.45) is 2.79. The minimum absolute atomic E-state index is 0.215. The molecular formula is C20H17N5O2. The molecule has 27 heavy (non-hydrogen) atoms. The maximum Gasteiger partial charge on any atom is 0.261 e. The van der Waals surface area contributed by atoms with Gasteiger partial charge in [-0.15, -0.1) is 0 Å². The van der Waals surface area contributed by atoms with Gasteiger partial charge in [0.05, 0.1) is 23.9 Å². The molecule has 2 heterocycles. The second-order valence-electron chi connectivity index (χ2n) is 6.30. The predicted octanol–water partition coefficient (Wildman–Crippen LogP) is 2.98. The quantitative estimate of drug-likeness (QED) is 0.588. The van der Waals surface area contributed by atoms with Crippen molar-refractivity contribution < 1.29 is 4.79 Å². The number of rotatable bonds is 3. The normalized spacial score (nSPS) is 10.9. The fourth-order valence-electron chi connectivity index (χ4n) is 2.87. The molecular weight excluding hydrogens is 342 g/mol. The van der Waals surface area contributed by atoms with E-state index in [1.54, 1.807) is 16.8 Å². The molecule has 4 rings (SSSR count). The lowest BCUT2D eigenvalue weighted by molar-refractivity contribution is 0.102. The van der Waals surface area contributed by atoms with Gasteiger partial charge < -0.3 is 10.3 Å². The van der Waals surface area contributed by atoms with Gasteiger partial charge in [0.2, 0.25) is 0 Å². The molecule has 0 aliphatic rings. The van der Waals surface area contributed by atoms with Gasteiger partial charge in [0.1, 0.15) is 5.39 Å². The van der Waals surface area contributed by atoms with Gasteiger partial charge in [-0.05, 0) is 49.2 Å². The van der Waals surface area contributed by atoms with E-state index in [4.69, 9.17) is 0 Å². The van der Waals surface area contributed by atoms with Gasteiger partial charge in [0.15, 0.2) is 5.65 Å². The Morgan fingerprint density at radius 1 is 1.11 bits per heavy atom. The monoisotopic (exact) mass is 359 g/mol. The van der Waals surface area contributed by atoms with Crippen LogP contribution in [-0.4, -0.2) is 25.7 Å². The Morgan fingerprint density at radius 2 is 1.93 bits per heavy atom. The van der Waals surface area contributed by atoms with Gasteiger partial charge in [0, 0.05) is 5.56 Å². The molecule has 2 aromatic heterocycles. The number of aromatic nitrogens is 4. The maximum atomic E-state index is 12.7. The molecule has 4 aromatic rings. The molecule has 134 valence electrons. The SMILES string of the molecule is Cc1ccc(C(=O)Nc2ccccc2-n2ncc3c(=O)[nH]cnc32)cc1C. The summed E-state index contributed by atoms with van der Waals surface area (Å²) < 4.78 is 1.54. The second kappa shape index (κ2) is 6.53. The zero-order chi connectivity index (χ0) is 19.0. The third-order valence-electron chi connectivity index (χ3n) is 4.52. The number of carbonyl (C=O) groups is 1. The van der Waals surface area contributed by atoms with E-state index in [9.17, 15) is 9.59 Å². The molecule has 0 saturated carbocycles. The van der Waals surface area contributed by atoms with Crippen molar-refractivity contribution in [3.05, 3.63) is 82.0 Å². The zero-order valence-corrected chi connectivity index (χ0v) is 14.9. The first-order valence-corrected chi connectivity index (χ1v) is 8.44. The zero-order valence-electron chi connectivity index (χ0n) is 14.9. The molecule has 0 aliphatic heterocycles. The van der Waals surface area contributed by atoms with Crippen molar-refractivity contribution in [2.75, 3.05) is 5.32 Å². The summed E-state index contributed by atoms with van der Waals surface area (Å²) >= 11 is 0. The van der Waals surface area contributed by atoms with Crippen LogP contribution >= 0.6 is 0 Å². The Morgan fingerprint density at radius 3 is 2.74 bits per heavy atom. The van der Waals surface area contributed by atoms with Crippen molar-refractivity contribution in [3.63, 3.8) is 0 Å². The van der Waals surface area contributed by atoms with E-state index in [1.165, 1.54) is 12.5 Å². The molecule has 7 heteroatoms. The topological polar surface area (TPSA) is 92.7 Å². The van der Waals surface area contributed by atoms with Gasteiger partial charge in [0.25, 0.3) is 11.5 Å². The number of para-hydroxylation sites is 2. The van der Waals surface area contributed by atoms with Crippen LogP contribution in [0.25, 0.3) is 16.7 Å². The van der Waals surface area contributed by atoms with Crippen molar-refractivity contribution in [1.29, 1.82) is 0 Å². The number of carbonyl (C=O) groups excluding carboxylic acids is 1. The molecule has 7 nitrogen and oxygen atoms in total. The second-order valence-corrected chi connectivity index (χ2v) is 6.30. The number of nitrogens with one attached hydrogen (secondary N) is 2. The van der Waals surface area contributed by atoms with Gasteiger partial charge in [-0.25, -0.2) is 9.67 Å². The molecule has 2 aromatic carbocycles. The summed E-state index contributed by atoms with van der Waals surface area (Å²) in [5.41, 5.74) is 4.13. The smallest absolute Gasteiger partial charge is 0.261 e. The summed E-state index contributed by atoms with van der Waals surface area (Å²) in [5, 5.41) is 7.59. The van der Waals surface area contributed by atoms with Crippen molar-refractivity contribution in [2.45, 2.75) is 13.8 Å². The van der Waals surface area contributed by atoms with E-state index >= 15 is 0 Å². The van der Waals surface area contributed by atoms with Gasteiger partial charge in [-0.2, -0.15) is 5.10 Å². The van der Waals surface area contributed by atoms with Crippen LogP contribution < -0.4 is 10.9 Å². The highest BCUT2D eigenvalue weighted by atomic mass is 16.1. The number of amides is 1. The molecule has 1 amide bonds. The molecule has 0 spiro atoms. The van der Waals surface area contributed by atoms with Crippen LogP contribution in [0.2, 0.25) is 0 Å². The summed E-state index contributed by atoms with van der Waals surface area (Å²) in [7, 11) is 0. The van der Waals surface area contributed by atoms with Crippen LogP contribution in [0.3, 0.4) is 0 Å². The number of fused-ring (bicyclic) bond motifs is 1. The highest BCUT2D eigenvalue weighted by Gasteiger charge is 2.14. The number of hydrogen-bond donors (Lipinski definition) is 2. The highest BCUT2D eigenvalue weighted by Crippen LogP contribution is 2.23. The summed E-state index contributed by atoms with van der Waals surface area (Å²) in [5.74, 6) is -0.215. The van der Waals surface area contributed by atoms with Crippen LogP contribution in [-0.2, 0) is 0 Å². The number of anilines is 1. The van der Waals surface area contributed by atoms with E-state index in [1.807, 2.05) is 44.2 Å². The number of aromatic amines is 1. The van der Waals surface area contributed by atoms with Crippen LogP contribution in [0.15, 0.2) is 59.8 Å². The fourth-order valence-corrected chi connectivity index (χ4v) is 2.87. The number of hydrogen-bond acceptors (Lipinski definition) is 4. The lowest BCUT2D eigenvalue weighted by Gasteiger charge is -2.12. The fraction of sp³-hybridized carbons (Fsp3) is 0.100. The first-order valence-electron chi connectivity index (χ1n) is 8.44. The lowest BCUT2D eigenvalue weighted by Crippen LogP contribution is -2.14. The number of H-pyrrole nitrogens is 1. The van der Waals surface area contributed by atoms with E-state index in [0.717, 1.165) is 11.1 Å². The molecule has 2 N–H and O–H groups in total. The van der Waals surface area contributed by atoms with Gasteiger partial charge >= 0.3 is 0 Å². The van der Waals surface area contributed by atoms with Gasteiger partial charge in [-0.3, -0.25) is 9.59 Å². The highest BCUT2D eigenvalue weighted by molar-refractivity contribution is 6.05. The van der Waals surface area contributed by atoms with Crippen LogP contribution in [0.4, 0.5) is 5.69 Å². The van der Waals surface area contributed by atoms with E-state index in [-0.39, 0.29) is 11.5 Å². The first kappa shape index (κ1) is 16.7. The minimum Gasteiger partial charge on any atom is -0.320 e. The van der Waals surface area contributed by atoms with Crippen LogP contribution in [0, 0.1) is 13.8 Å². The summed E-state index contributed by atoms with van der Waals surface area (Å²) in [4.78, 5) is 31.4. The Hall–Kier alpha value is -3.74. The molecule has 0 atom stereocenters. The Balaban J connectivity index is 1.75. The lowest BCUT2D eigenvalue weighted by atomic mass is 10.1. The molecule has 0 fully saturated rings. The van der Waals surface area contributed by atoms with Gasteiger partial charge in [-0.1, -0.05) is 18.2 Å². The molecule has 0 unspecified atom stereocenters. The Bertz CT molecular complexity index is 1220. The average molecular weight is 359 g/mol. The maximum absolute atomic E-state index is 12.7.